The summed E-state index contributed by atoms with van der Waals surface area (Å²) in [5.74, 6) is -0.281. The second kappa shape index (κ2) is 16.9. The monoisotopic (exact) mass is 671 g/mol. The van der Waals surface area contributed by atoms with Gasteiger partial charge < -0.3 is 24.8 Å². The topological polar surface area (TPSA) is 125 Å². The van der Waals surface area contributed by atoms with Gasteiger partial charge in [0.2, 0.25) is 15.9 Å². The minimum atomic E-state index is -3.77. The number of carbonyl (C=O) groups is 2. The fourth-order valence-corrected chi connectivity index (χ4v) is 7.50. The van der Waals surface area contributed by atoms with Gasteiger partial charge in [-0.3, -0.25) is 9.59 Å². The lowest BCUT2D eigenvalue weighted by Crippen LogP contribution is -2.48. The quantitative estimate of drug-likeness (QED) is 0.373. The van der Waals surface area contributed by atoms with Crippen molar-refractivity contribution in [1.82, 2.24) is 9.21 Å². The molecular formula is C36H53N3O7S. The number of carbonyl (C=O) groups excluding carboxylic acids is 2. The molecule has 11 heteroatoms. The number of nitrogens with zero attached hydrogens (tertiary/aromatic N) is 2. The Morgan fingerprint density at radius 2 is 1.72 bits per heavy atom. The Labute approximate surface area is 280 Å². The molecule has 1 heterocycles. The molecule has 47 heavy (non-hydrogen) atoms. The molecule has 2 aromatic carbocycles. The van der Waals surface area contributed by atoms with Gasteiger partial charge in [-0.05, 0) is 83.2 Å². The zero-order valence-corrected chi connectivity index (χ0v) is 29.4. The number of rotatable bonds is 8. The van der Waals surface area contributed by atoms with Crippen molar-refractivity contribution in [3.05, 3.63) is 53.6 Å². The largest absolute Gasteiger partial charge is 0.490 e. The van der Waals surface area contributed by atoms with Crippen LogP contribution in [0.2, 0.25) is 0 Å². The van der Waals surface area contributed by atoms with Gasteiger partial charge in [-0.25, -0.2) is 8.42 Å². The van der Waals surface area contributed by atoms with Crippen molar-refractivity contribution < 1.29 is 32.6 Å². The number of nitrogens with one attached hydrogen (secondary N) is 1. The Balaban J connectivity index is 1.62. The number of ether oxygens (including phenoxy) is 2. The summed E-state index contributed by atoms with van der Waals surface area (Å²) in [5, 5.41) is 13.3. The van der Waals surface area contributed by atoms with E-state index >= 15 is 0 Å². The summed E-state index contributed by atoms with van der Waals surface area (Å²) in [6.45, 7) is 8.05. The number of aliphatic hydroxyl groups excluding tert-OH is 1. The van der Waals surface area contributed by atoms with Crippen molar-refractivity contribution in [2.75, 3.05) is 38.7 Å². The van der Waals surface area contributed by atoms with Gasteiger partial charge >= 0.3 is 0 Å². The molecule has 1 saturated carbocycles. The Morgan fingerprint density at radius 1 is 1.04 bits per heavy atom. The molecule has 1 aliphatic heterocycles. The van der Waals surface area contributed by atoms with Crippen molar-refractivity contribution in [3.63, 3.8) is 0 Å². The second-order valence-electron chi connectivity index (χ2n) is 13.4. The highest BCUT2D eigenvalue weighted by Gasteiger charge is 2.32. The first-order valence-electron chi connectivity index (χ1n) is 17.1. The SMILES string of the molecule is Cc1ccc(S(=O)(=O)N(C)C[C@H]2OCCCC[C@@H](C)Oc3ccc(NC(=O)C4CCCCC4)cc3C(=O)N([C@H](C)CO)C[C@@H]2C)cc1. The molecule has 2 aliphatic rings. The van der Waals surface area contributed by atoms with Crippen LogP contribution in [0.3, 0.4) is 0 Å². The van der Waals surface area contributed by atoms with E-state index in [1.807, 2.05) is 20.8 Å². The molecule has 0 unspecified atom stereocenters. The zero-order chi connectivity index (χ0) is 34.1. The highest BCUT2D eigenvalue weighted by atomic mass is 32.2. The number of benzene rings is 2. The van der Waals surface area contributed by atoms with Crippen LogP contribution in [0.4, 0.5) is 5.69 Å². The Bertz CT molecular complexity index is 1440. The van der Waals surface area contributed by atoms with Crippen molar-refractivity contribution in [2.45, 2.75) is 102 Å². The Morgan fingerprint density at radius 3 is 2.40 bits per heavy atom. The third kappa shape index (κ3) is 9.78. The number of amides is 2. The number of hydrogen-bond donors (Lipinski definition) is 2. The molecule has 0 saturated heterocycles. The molecule has 2 aromatic rings. The summed E-state index contributed by atoms with van der Waals surface area (Å²) in [4.78, 5) is 29.3. The van der Waals surface area contributed by atoms with Crippen LogP contribution >= 0.6 is 0 Å². The average molecular weight is 672 g/mol. The van der Waals surface area contributed by atoms with E-state index in [1.165, 1.54) is 4.31 Å². The molecule has 1 aliphatic carbocycles. The van der Waals surface area contributed by atoms with E-state index in [2.05, 4.69) is 5.32 Å². The van der Waals surface area contributed by atoms with Crippen LogP contribution in [0.1, 0.15) is 88.1 Å². The van der Waals surface area contributed by atoms with E-state index < -0.39 is 22.2 Å². The predicted octanol–water partition coefficient (Wildman–Crippen LogP) is 5.63. The molecule has 2 amide bonds. The first-order chi connectivity index (χ1) is 22.4. The second-order valence-corrected chi connectivity index (χ2v) is 15.5. The van der Waals surface area contributed by atoms with Crippen LogP contribution in [0, 0.1) is 18.8 Å². The number of aryl methyl sites for hydroxylation is 1. The number of sulfonamides is 1. The standard InChI is InChI=1S/C36H53N3O7S/c1-25-14-17-31(18-15-25)47(43,44)38(5)23-34-26(2)22-39(27(3)24-40)36(42)32-21-30(37-35(41)29-12-7-6-8-13-29)16-19-33(32)46-28(4)11-9-10-20-45-34/h14-19,21,26-29,34,40H,6-13,20,22-24H2,1-5H3,(H,37,41)/t26-,27+,28+,34+/m0/s1. The van der Waals surface area contributed by atoms with Crippen molar-refractivity contribution in [2.24, 2.45) is 11.8 Å². The number of anilines is 1. The van der Waals surface area contributed by atoms with Crippen molar-refractivity contribution in [1.29, 1.82) is 0 Å². The molecule has 4 atom stereocenters. The summed E-state index contributed by atoms with van der Waals surface area (Å²) >= 11 is 0. The van der Waals surface area contributed by atoms with E-state index in [0.717, 1.165) is 56.9 Å². The lowest BCUT2D eigenvalue weighted by Gasteiger charge is -2.35. The Kier molecular flexibility index (Phi) is 13.2. The molecule has 0 aromatic heterocycles. The third-order valence-corrected chi connectivity index (χ3v) is 11.3. The number of likely N-dealkylation sites (N-methyl/N-ethyl adjacent to an activating group) is 1. The maximum atomic E-state index is 14.4. The van der Waals surface area contributed by atoms with Gasteiger partial charge in [-0.1, -0.05) is 43.9 Å². The summed E-state index contributed by atoms with van der Waals surface area (Å²) in [5.41, 5.74) is 1.80. The summed E-state index contributed by atoms with van der Waals surface area (Å²) in [6.07, 6.45) is 6.57. The molecule has 1 fully saturated rings. The summed E-state index contributed by atoms with van der Waals surface area (Å²) < 4.78 is 40.9. The lowest BCUT2D eigenvalue weighted by molar-refractivity contribution is -0.120. The Hall–Kier alpha value is -2.99. The molecule has 2 N–H and O–H groups in total. The zero-order valence-electron chi connectivity index (χ0n) is 28.6. The van der Waals surface area contributed by atoms with E-state index in [-0.39, 0.29) is 54.3 Å². The van der Waals surface area contributed by atoms with Crippen LogP contribution in [0.15, 0.2) is 47.4 Å². The lowest BCUT2D eigenvalue weighted by atomic mass is 9.88. The number of hydrogen-bond acceptors (Lipinski definition) is 7. The van der Waals surface area contributed by atoms with Crippen molar-refractivity contribution in [3.8, 4) is 5.75 Å². The number of aliphatic hydroxyl groups is 1. The van der Waals surface area contributed by atoms with Crippen molar-refractivity contribution >= 4 is 27.5 Å². The van der Waals surface area contributed by atoms with E-state index in [9.17, 15) is 23.1 Å². The minimum absolute atomic E-state index is 0.0359. The summed E-state index contributed by atoms with van der Waals surface area (Å²) in [7, 11) is -2.22. The smallest absolute Gasteiger partial charge is 0.258 e. The van der Waals surface area contributed by atoms with E-state index in [4.69, 9.17) is 9.47 Å². The molecule has 0 spiro atoms. The first kappa shape index (κ1) is 36.8. The van der Waals surface area contributed by atoms with Gasteiger partial charge in [-0.15, -0.1) is 0 Å². The van der Waals surface area contributed by atoms with E-state index in [1.54, 1.807) is 61.3 Å². The molecule has 260 valence electrons. The highest BCUT2D eigenvalue weighted by Crippen LogP contribution is 2.30. The van der Waals surface area contributed by atoms with E-state index in [0.29, 0.717) is 23.6 Å². The number of fused-ring (bicyclic) bond motifs is 1. The fourth-order valence-electron chi connectivity index (χ4n) is 6.31. The predicted molar refractivity (Wildman–Crippen MR) is 183 cm³/mol. The average Bonchev–Trinajstić information content (AvgIpc) is 3.06. The molecule has 4 rings (SSSR count). The van der Waals surface area contributed by atoms with Gasteiger partial charge in [-0.2, -0.15) is 4.31 Å². The minimum Gasteiger partial charge on any atom is -0.490 e. The van der Waals surface area contributed by atoms with Crippen LogP contribution in [0.25, 0.3) is 0 Å². The van der Waals surface area contributed by atoms with Crippen LogP contribution in [-0.4, -0.2) is 86.1 Å². The van der Waals surface area contributed by atoms with Gasteiger partial charge in [0, 0.05) is 44.3 Å². The van der Waals surface area contributed by atoms with Gasteiger partial charge in [0.05, 0.1) is 35.3 Å². The molecule has 0 bridgehead atoms. The molecular weight excluding hydrogens is 618 g/mol. The van der Waals surface area contributed by atoms with Gasteiger partial charge in [0.1, 0.15) is 5.75 Å². The first-order valence-corrected chi connectivity index (χ1v) is 18.5. The third-order valence-electron chi connectivity index (χ3n) is 9.46. The maximum absolute atomic E-state index is 14.4. The van der Waals surface area contributed by atoms with Gasteiger partial charge in [0.25, 0.3) is 5.91 Å². The summed E-state index contributed by atoms with van der Waals surface area (Å²) in [6, 6.07) is 11.4. The highest BCUT2D eigenvalue weighted by molar-refractivity contribution is 7.89. The van der Waals surface area contributed by atoms with Crippen LogP contribution in [0.5, 0.6) is 5.75 Å². The molecule has 10 nitrogen and oxygen atoms in total. The normalized spacial score (nSPS) is 23.0. The molecule has 0 radical (unpaired) electrons. The maximum Gasteiger partial charge on any atom is 0.258 e. The van der Waals surface area contributed by atoms with Crippen LogP contribution in [-0.2, 0) is 19.6 Å². The van der Waals surface area contributed by atoms with Gasteiger partial charge in [0.15, 0.2) is 0 Å². The fraction of sp³-hybridized carbons (Fsp3) is 0.611. The van der Waals surface area contributed by atoms with Crippen LogP contribution < -0.4 is 10.1 Å².